The molecule has 0 saturated heterocycles. The molecule has 0 fully saturated rings. The van der Waals surface area contributed by atoms with Crippen LogP contribution in [0.1, 0.15) is 28.4 Å². The first-order valence-electron chi connectivity index (χ1n) is 6.42. The van der Waals surface area contributed by atoms with Crippen molar-refractivity contribution in [3.8, 4) is 0 Å². The Morgan fingerprint density at radius 2 is 2.35 bits per heavy atom. The van der Waals surface area contributed by atoms with E-state index in [0.717, 1.165) is 37.2 Å². The number of aryl methyl sites for hydroxylation is 1. The normalized spacial score (nSPS) is 13.3. The largest absolute Gasteiger partial charge is 0.334 e. The standard InChI is InChI=1S/C13H14FN5O/c1-18(13(20)9-4-5-15-7-10(9)14)8-12-17-16-11-3-2-6-19(11)12/h4-5,7H,2-3,6,8H2,1H3. The molecule has 1 amide bonds. The molecule has 1 aliphatic heterocycles. The Hall–Kier alpha value is -2.31. The summed E-state index contributed by atoms with van der Waals surface area (Å²) in [7, 11) is 1.62. The average Bonchev–Trinajstić information content (AvgIpc) is 3.03. The highest BCUT2D eigenvalue weighted by atomic mass is 19.1. The van der Waals surface area contributed by atoms with E-state index in [1.807, 2.05) is 4.57 Å². The zero-order valence-corrected chi connectivity index (χ0v) is 11.1. The van der Waals surface area contributed by atoms with Crippen molar-refractivity contribution in [1.82, 2.24) is 24.6 Å². The van der Waals surface area contributed by atoms with Gasteiger partial charge in [-0.05, 0) is 12.5 Å². The highest BCUT2D eigenvalue weighted by Crippen LogP contribution is 2.16. The monoisotopic (exact) mass is 275 g/mol. The Morgan fingerprint density at radius 3 is 3.15 bits per heavy atom. The fraction of sp³-hybridized carbons (Fsp3) is 0.385. The first kappa shape index (κ1) is 12.7. The van der Waals surface area contributed by atoms with E-state index in [1.165, 1.54) is 17.2 Å². The number of rotatable bonds is 3. The van der Waals surface area contributed by atoms with Gasteiger partial charge in [0.25, 0.3) is 5.91 Å². The zero-order chi connectivity index (χ0) is 14.1. The maximum absolute atomic E-state index is 13.6. The van der Waals surface area contributed by atoms with Gasteiger partial charge in [-0.3, -0.25) is 9.78 Å². The summed E-state index contributed by atoms with van der Waals surface area (Å²) in [4.78, 5) is 17.3. The van der Waals surface area contributed by atoms with Crippen molar-refractivity contribution in [3.63, 3.8) is 0 Å². The Balaban J connectivity index is 1.78. The molecule has 3 rings (SSSR count). The van der Waals surface area contributed by atoms with Gasteiger partial charge in [-0.15, -0.1) is 10.2 Å². The molecule has 3 heterocycles. The Kier molecular flexibility index (Phi) is 3.17. The van der Waals surface area contributed by atoms with Gasteiger partial charge in [-0.2, -0.15) is 0 Å². The number of carbonyl (C=O) groups is 1. The van der Waals surface area contributed by atoms with Gasteiger partial charge in [0.1, 0.15) is 5.82 Å². The topological polar surface area (TPSA) is 63.9 Å². The van der Waals surface area contributed by atoms with Gasteiger partial charge in [0.2, 0.25) is 0 Å². The third-order valence-electron chi connectivity index (χ3n) is 3.41. The second kappa shape index (κ2) is 4.99. The minimum absolute atomic E-state index is 0.0173. The van der Waals surface area contributed by atoms with E-state index in [-0.39, 0.29) is 11.5 Å². The van der Waals surface area contributed by atoms with Crippen LogP contribution in [0.25, 0.3) is 0 Å². The van der Waals surface area contributed by atoms with Crippen molar-refractivity contribution in [1.29, 1.82) is 0 Å². The first-order valence-corrected chi connectivity index (χ1v) is 6.42. The van der Waals surface area contributed by atoms with Gasteiger partial charge in [-0.25, -0.2) is 4.39 Å². The van der Waals surface area contributed by atoms with Crippen molar-refractivity contribution in [3.05, 3.63) is 41.5 Å². The average molecular weight is 275 g/mol. The molecule has 2 aromatic heterocycles. The van der Waals surface area contributed by atoms with Crippen LogP contribution in [0.5, 0.6) is 0 Å². The van der Waals surface area contributed by atoms with Crippen LogP contribution >= 0.6 is 0 Å². The molecule has 20 heavy (non-hydrogen) atoms. The smallest absolute Gasteiger partial charge is 0.257 e. The van der Waals surface area contributed by atoms with Crippen LogP contribution in [-0.4, -0.2) is 37.6 Å². The summed E-state index contributed by atoms with van der Waals surface area (Å²) in [6.07, 6.45) is 4.41. The predicted molar refractivity (Wildman–Crippen MR) is 68.3 cm³/mol. The third-order valence-corrected chi connectivity index (χ3v) is 3.41. The Bertz CT molecular complexity index is 654. The highest BCUT2D eigenvalue weighted by Gasteiger charge is 2.21. The molecule has 0 aliphatic carbocycles. The maximum atomic E-state index is 13.6. The molecule has 0 saturated carbocycles. The summed E-state index contributed by atoms with van der Waals surface area (Å²) < 4.78 is 15.6. The molecule has 0 radical (unpaired) electrons. The number of amides is 1. The van der Waals surface area contributed by atoms with Crippen molar-refractivity contribution in [2.45, 2.75) is 25.9 Å². The van der Waals surface area contributed by atoms with Crippen molar-refractivity contribution < 1.29 is 9.18 Å². The van der Waals surface area contributed by atoms with Crippen LogP contribution in [-0.2, 0) is 19.5 Å². The van der Waals surface area contributed by atoms with Crippen LogP contribution in [0, 0.1) is 5.82 Å². The summed E-state index contributed by atoms with van der Waals surface area (Å²) in [5.74, 6) is 0.690. The molecule has 0 aromatic carbocycles. The van der Waals surface area contributed by atoms with E-state index < -0.39 is 5.82 Å². The molecule has 0 bridgehead atoms. The summed E-state index contributed by atoms with van der Waals surface area (Å²) >= 11 is 0. The number of hydrogen-bond donors (Lipinski definition) is 0. The number of fused-ring (bicyclic) bond motifs is 1. The second-order valence-electron chi connectivity index (χ2n) is 4.80. The lowest BCUT2D eigenvalue weighted by molar-refractivity contribution is 0.0775. The van der Waals surface area contributed by atoms with E-state index in [9.17, 15) is 9.18 Å². The van der Waals surface area contributed by atoms with Gasteiger partial charge in [0, 0.05) is 26.2 Å². The van der Waals surface area contributed by atoms with Crippen molar-refractivity contribution in [2.24, 2.45) is 0 Å². The molecule has 1 aliphatic rings. The minimum atomic E-state index is -0.615. The molecule has 0 N–H and O–H groups in total. The summed E-state index contributed by atoms with van der Waals surface area (Å²) in [5, 5.41) is 8.18. The molecule has 7 heteroatoms. The molecular weight excluding hydrogens is 261 g/mol. The fourth-order valence-electron chi connectivity index (χ4n) is 2.37. The SMILES string of the molecule is CN(Cc1nnc2n1CCC2)C(=O)c1ccncc1F. The molecule has 2 aromatic rings. The highest BCUT2D eigenvalue weighted by molar-refractivity contribution is 5.94. The fourth-order valence-corrected chi connectivity index (χ4v) is 2.37. The van der Waals surface area contributed by atoms with Gasteiger partial charge < -0.3 is 9.47 Å². The van der Waals surface area contributed by atoms with Gasteiger partial charge in [0.15, 0.2) is 11.6 Å². The molecular formula is C13H14FN5O. The van der Waals surface area contributed by atoms with Crippen molar-refractivity contribution >= 4 is 5.91 Å². The van der Waals surface area contributed by atoms with Gasteiger partial charge in [0.05, 0.1) is 18.3 Å². The lowest BCUT2D eigenvalue weighted by Crippen LogP contribution is -2.28. The molecule has 0 spiro atoms. The zero-order valence-electron chi connectivity index (χ0n) is 11.1. The second-order valence-corrected chi connectivity index (χ2v) is 4.80. The lowest BCUT2D eigenvalue weighted by atomic mass is 10.2. The summed E-state index contributed by atoms with van der Waals surface area (Å²) in [6.45, 7) is 1.19. The Morgan fingerprint density at radius 1 is 1.50 bits per heavy atom. The quantitative estimate of drug-likeness (QED) is 0.839. The van der Waals surface area contributed by atoms with Crippen LogP contribution in [0.2, 0.25) is 0 Å². The summed E-state index contributed by atoms with van der Waals surface area (Å²) in [5.41, 5.74) is 0.0173. The van der Waals surface area contributed by atoms with Crippen LogP contribution in [0.15, 0.2) is 18.5 Å². The number of aromatic nitrogens is 4. The van der Waals surface area contributed by atoms with Crippen molar-refractivity contribution in [2.75, 3.05) is 7.05 Å². The van der Waals surface area contributed by atoms with E-state index in [4.69, 9.17) is 0 Å². The van der Waals surface area contributed by atoms with Gasteiger partial charge >= 0.3 is 0 Å². The molecule has 104 valence electrons. The first-order chi connectivity index (χ1) is 9.66. The number of pyridine rings is 1. The third kappa shape index (κ3) is 2.15. The predicted octanol–water partition coefficient (Wildman–Crippen LogP) is 1.03. The number of halogens is 1. The molecule has 6 nitrogen and oxygen atoms in total. The van der Waals surface area contributed by atoms with E-state index in [2.05, 4.69) is 15.2 Å². The van der Waals surface area contributed by atoms with Crippen LogP contribution < -0.4 is 0 Å². The lowest BCUT2D eigenvalue weighted by Gasteiger charge is -2.17. The van der Waals surface area contributed by atoms with E-state index >= 15 is 0 Å². The van der Waals surface area contributed by atoms with Crippen LogP contribution in [0.4, 0.5) is 4.39 Å². The maximum Gasteiger partial charge on any atom is 0.257 e. The number of hydrogen-bond acceptors (Lipinski definition) is 4. The number of nitrogens with zero attached hydrogens (tertiary/aromatic N) is 5. The molecule has 0 unspecified atom stereocenters. The van der Waals surface area contributed by atoms with Crippen LogP contribution in [0.3, 0.4) is 0 Å². The Labute approximate surface area is 115 Å². The molecule has 0 atom stereocenters. The minimum Gasteiger partial charge on any atom is -0.334 e. The van der Waals surface area contributed by atoms with E-state index in [1.54, 1.807) is 7.05 Å². The summed E-state index contributed by atoms with van der Waals surface area (Å²) in [6, 6.07) is 1.38. The number of carbonyl (C=O) groups excluding carboxylic acids is 1. The van der Waals surface area contributed by atoms with E-state index in [0.29, 0.717) is 6.54 Å². The van der Waals surface area contributed by atoms with Gasteiger partial charge in [-0.1, -0.05) is 0 Å².